The molecular weight excluding hydrogens is 342 g/mol. The van der Waals surface area contributed by atoms with E-state index in [9.17, 15) is 14.7 Å². The number of carbonyl (C=O) groups is 2. The Balaban J connectivity index is 1.54. The highest BCUT2D eigenvalue weighted by Gasteiger charge is 2.35. The molecule has 2 saturated heterocycles. The number of hydrogen-bond acceptors (Lipinski definition) is 3. The van der Waals surface area contributed by atoms with Gasteiger partial charge < -0.3 is 15.3 Å². The molecule has 6 nitrogen and oxygen atoms in total. The molecule has 0 aliphatic carbocycles. The van der Waals surface area contributed by atoms with Crippen LogP contribution in [-0.2, 0) is 11.3 Å². The third kappa shape index (κ3) is 5.01. The average Bonchev–Trinajstić information content (AvgIpc) is 2.65. The number of carbonyl (C=O) groups excluding carboxylic acids is 1. The van der Waals surface area contributed by atoms with Gasteiger partial charge in [0.2, 0.25) is 0 Å². The zero-order valence-electron chi connectivity index (χ0n) is 16.3. The molecule has 2 aliphatic heterocycles. The number of rotatable bonds is 4. The highest BCUT2D eigenvalue weighted by atomic mass is 16.4. The van der Waals surface area contributed by atoms with Crippen molar-refractivity contribution in [1.82, 2.24) is 15.1 Å². The number of carboxylic acid groups (broad SMARTS) is 1. The topological polar surface area (TPSA) is 72.9 Å². The summed E-state index contributed by atoms with van der Waals surface area (Å²) >= 11 is 0. The Bertz CT molecular complexity index is 639. The lowest BCUT2D eigenvalue weighted by Gasteiger charge is -2.43. The predicted molar refractivity (Wildman–Crippen MR) is 104 cm³/mol. The third-order valence-electron chi connectivity index (χ3n) is 5.92. The van der Waals surface area contributed by atoms with Crippen LogP contribution in [0.3, 0.4) is 0 Å². The van der Waals surface area contributed by atoms with Crippen LogP contribution in [0.4, 0.5) is 4.79 Å². The lowest BCUT2D eigenvalue weighted by molar-refractivity contribution is -0.143. The van der Waals surface area contributed by atoms with Gasteiger partial charge in [0.15, 0.2) is 0 Å². The van der Waals surface area contributed by atoms with E-state index in [1.54, 1.807) is 4.90 Å². The summed E-state index contributed by atoms with van der Waals surface area (Å²) < 4.78 is 0. The van der Waals surface area contributed by atoms with Crippen molar-refractivity contribution in [3.8, 4) is 0 Å². The monoisotopic (exact) mass is 373 g/mol. The number of nitrogens with one attached hydrogen (secondary N) is 1. The highest BCUT2D eigenvalue weighted by Crippen LogP contribution is 2.24. The van der Waals surface area contributed by atoms with Crippen molar-refractivity contribution in [3.05, 3.63) is 35.9 Å². The van der Waals surface area contributed by atoms with Gasteiger partial charge in [-0.15, -0.1) is 0 Å². The van der Waals surface area contributed by atoms with Gasteiger partial charge in [-0.1, -0.05) is 44.2 Å². The Kier molecular flexibility index (Phi) is 6.37. The molecule has 148 valence electrons. The molecule has 3 unspecified atom stereocenters. The lowest BCUT2D eigenvalue weighted by atomic mass is 9.85. The summed E-state index contributed by atoms with van der Waals surface area (Å²) in [6.45, 7) is 8.16. The van der Waals surface area contributed by atoms with E-state index in [0.717, 1.165) is 26.1 Å². The molecule has 2 heterocycles. The number of aliphatic carboxylic acids is 1. The molecule has 2 aliphatic rings. The number of hydrogen-bond donors (Lipinski definition) is 2. The molecule has 3 rings (SSSR count). The van der Waals surface area contributed by atoms with Crippen molar-refractivity contribution in [2.45, 2.75) is 39.3 Å². The van der Waals surface area contributed by atoms with E-state index in [4.69, 9.17) is 0 Å². The molecule has 0 aromatic heterocycles. The van der Waals surface area contributed by atoms with Gasteiger partial charge in [-0.2, -0.15) is 0 Å². The zero-order chi connectivity index (χ0) is 19.4. The maximum Gasteiger partial charge on any atom is 0.317 e. The van der Waals surface area contributed by atoms with Crippen LogP contribution < -0.4 is 5.32 Å². The van der Waals surface area contributed by atoms with Crippen molar-refractivity contribution < 1.29 is 14.7 Å². The van der Waals surface area contributed by atoms with Crippen LogP contribution in [0.5, 0.6) is 0 Å². The van der Waals surface area contributed by atoms with E-state index >= 15 is 0 Å². The van der Waals surface area contributed by atoms with Crippen molar-refractivity contribution in [2.24, 2.45) is 17.8 Å². The first kappa shape index (κ1) is 19.7. The van der Waals surface area contributed by atoms with Gasteiger partial charge in [0, 0.05) is 38.8 Å². The van der Waals surface area contributed by atoms with Gasteiger partial charge in [-0.25, -0.2) is 4.79 Å². The fourth-order valence-electron chi connectivity index (χ4n) is 4.53. The number of urea groups is 1. The van der Waals surface area contributed by atoms with E-state index in [2.05, 4.69) is 48.3 Å². The van der Waals surface area contributed by atoms with Crippen LogP contribution in [0, 0.1) is 17.8 Å². The summed E-state index contributed by atoms with van der Waals surface area (Å²) in [5.41, 5.74) is 1.31. The Hall–Kier alpha value is -2.08. The molecule has 2 N–H and O–H groups in total. The Labute approximate surface area is 161 Å². The van der Waals surface area contributed by atoms with Crippen LogP contribution in [0.1, 0.15) is 32.3 Å². The van der Waals surface area contributed by atoms with E-state index in [0.29, 0.717) is 31.3 Å². The number of amides is 2. The SMILES string of the molecule is CC1CN(Cc2ccccc2)CC(C)C1NC(=O)N1CCCC(C(=O)O)C1. The van der Waals surface area contributed by atoms with E-state index < -0.39 is 11.9 Å². The van der Waals surface area contributed by atoms with Crippen molar-refractivity contribution >= 4 is 12.0 Å². The molecule has 1 aromatic carbocycles. The molecule has 0 saturated carbocycles. The molecule has 1 aromatic rings. The summed E-state index contributed by atoms with van der Waals surface area (Å²) in [6, 6.07) is 10.5. The van der Waals surface area contributed by atoms with Crippen LogP contribution in [0.2, 0.25) is 0 Å². The van der Waals surface area contributed by atoms with Crippen LogP contribution >= 0.6 is 0 Å². The Morgan fingerprint density at radius 3 is 2.41 bits per heavy atom. The van der Waals surface area contributed by atoms with E-state index in [1.807, 2.05) is 6.07 Å². The average molecular weight is 373 g/mol. The van der Waals surface area contributed by atoms with Crippen molar-refractivity contribution in [1.29, 1.82) is 0 Å². The van der Waals surface area contributed by atoms with Crippen LogP contribution in [0.25, 0.3) is 0 Å². The normalized spacial score (nSPS) is 29.3. The Morgan fingerprint density at radius 2 is 1.78 bits per heavy atom. The summed E-state index contributed by atoms with van der Waals surface area (Å²) in [5.74, 6) is -0.543. The number of benzene rings is 1. The number of piperidine rings is 2. The van der Waals surface area contributed by atoms with Gasteiger partial charge in [0.1, 0.15) is 0 Å². The maximum atomic E-state index is 12.7. The molecule has 2 fully saturated rings. The molecular formula is C21H31N3O3. The minimum atomic E-state index is -0.802. The maximum absolute atomic E-state index is 12.7. The smallest absolute Gasteiger partial charge is 0.317 e. The van der Waals surface area contributed by atoms with E-state index in [-0.39, 0.29) is 12.1 Å². The first-order valence-electron chi connectivity index (χ1n) is 9.98. The fraction of sp³-hybridized carbons (Fsp3) is 0.619. The zero-order valence-corrected chi connectivity index (χ0v) is 16.3. The highest BCUT2D eigenvalue weighted by molar-refractivity contribution is 5.76. The number of likely N-dealkylation sites (tertiary alicyclic amines) is 2. The van der Waals surface area contributed by atoms with Crippen LogP contribution in [0.15, 0.2) is 30.3 Å². The summed E-state index contributed by atoms with van der Waals surface area (Å²) in [4.78, 5) is 28.1. The summed E-state index contributed by atoms with van der Waals surface area (Å²) in [5, 5.41) is 12.4. The minimum Gasteiger partial charge on any atom is -0.481 e. The standard InChI is InChI=1S/C21H31N3O3/c1-15-11-23(13-17-7-4-3-5-8-17)12-16(2)19(15)22-21(27)24-10-6-9-18(14-24)20(25)26/h3-5,7-8,15-16,18-19H,6,9-14H2,1-2H3,(H,22,27)(H,25,26). The summed E-state index contributed by atoms with van der Waals surface area (Å²) in [6.07, 6.45) is 1.41. The molecule has 2 amide bonds. The van der Waals surface area contributed by atoms with Gasteiger partial charge >= 0.3 is 12.0 Å². The lowest BCUT2D eigenvalue weighted by Crippen LogP contribution is -2.58. The molecule has 0 radical (unpaired) electrons. The van der Waals surface area contributed by atoms with Gasteiger partial charge in [-0.3, -0.25) is 9.69 Å². The van der Waals surface area contributed by atoms with Crippen LogP contribution in [-0.4, -0.2) is 59.1 Å². The fourth-order valence-corrected chi connectivity index (χ4v) is 4.53. The molecule has 27 heavy (non-hydrogen) atoms. The quantitative estimate of drug-likeness (QED) is 0.851. The van der Waals surface area contributed by atoms with E-state index in [1.165, 1.54) is 5.56 Å². The Morgan fingerprint density at radius 1 is 1.11 bits per heavy atom. The molecule has 0 bridgehead atoms. The second kappa shape index (κ2) is 8.74. The van der Waals surface area contributed by atoms with Crippen molar-refractivity contribution in [3.63, 3.8) is 0 Å². The van der Waals surface area contributed by atoms with Crippen molar-refractivity contribution in [2.75, 3.05) is 26.2 Å². The summed E-state index contributed by atoms with van der Waals surface area (Å²) in [7, 11) is 0. The van der Waals surface area contributed by atoms with Gasteiger partial charge in [0.05, 0.1) is 5.92 Å². The largest absolute Gasteiger partial charge is 0.481 e. The first-order valence-corrected chi connectivity index (χ1v) is 9.98. The molecule has 6 heteroatoms. The predicted octanol–water partition coefficient (Wildman–Crippen LogP) is 2.65. The second-order valence-corrected chi connectivity index (χ2v) is 8.23. The molecule has 0 spiro atoms. The first-order chi connectivity index (χ1) is 12.9. The van der Waals surface area contributed by atoms with Gasteiger partial charge in [0.25, 0.3) is 0 Å². The second-order valence-electron chi connectivity index (χ2n) is 8.23. The molecule has 3 atom stereocenters. The minimum absolute atomic E-state index is 0.110. The third-order valence-corrected chi connectivity index (χ3v) is 5.92. The van der Waals surface area contributed by atoms with Gasteiger partial charge in [-0.05, 0) is 30.2 Å². The number of nitrogens with zero attached hydrogens (tertiary/aromatic N) is 2. The number of carboxylic acids is 1.